The molecule has 4 aromatic rings. The molecule has 1 nitrogen and oxygen atoms in total. The van der Waals surface area contributed by atoms with Gasteiger partial charge in [0.05, 0.1) is 5.52 Å². The molecule has 3 aromatic carbocycles. The number of fused-ring (bicyclic) bond motifs is 4. The molecule has 0 unspecified atom stereocenters. The highest BCUT2D eigenvalue weighted by molar-refractivity contribution is 6.16. The van der Waals surface area contributed by atoms with Crippen molar-refractivity contribution in [2.45, 2.75) is 13.8 Å². The van der Waals surface area contributed by atoms with Crippen LogP contribution in [0, 0.1) is 13.8 Å². The fourth-order valence-corrected chi connectivity index (χ4v) is 3.22. The van der Waals surface area contributed by atoms with Gasteiger partial charge in [-0.3, -0.25) is 0 Å². The highest BCUT2D eigenvalue weighted by Crippen LogP contribution is 2.36. The highest BCUT2D eigenvalue weighted by Gasteiger charge is 2.12. The Morgan fingerprint density at radius 3 is 2.00 bits per heavy atom. The van der Waals surface area contributed by atoms with Crippen LogP contribution in [0.2, 0.25) is 0 Å². The van der Waals surface area contributed by atoms with Crippen molar-refractivity contribution < 1.29 is 0 Å². The summed E-state index contributed by atoms with van der Waals surface area (Å²) in [6, 6.07) is 17.2. The van der Waals surface area contributed by atoms with Crippen LogP contribution in [0.4, 0.5) is 0 Å². The molecule has 0 saturated carbocycles. The van der Waals surface area contributed by atoms with E-state index in [9.17, 15) is 0 Å². The Morgan fingerprint density at radius 1 is 0.684 bits per heavy atom. The molecule has 0 fully saturated rings. The Bertz CT molecular complexity index is 929. The number of aryl methyl sites for hydroxylation is 2. The normalized spacial score (nSPS) is 11.7. The minimum atomic E-state index is 1.22. The molecule has 4 rings (SSSR count). The Hall–Kier alpha value is -2.28. The fraction of sp³-hybridized carbons (Fsp3) is 0.111. The maximum Gasteiger partial charge on any atom is 0.0503 e. The summed E-state index contributed by atoms with van der Waals surface area (Å²) in [6.45, 7) is 4.43. The molecular formula is C18H15N. The lowest BCUT2D eigenvalue weighted by Gasteiger charge is -2.08. The topological polar surface area (TPSA) is 15.8 Å². The summed E-state index contributed by atoms with van der Waals surface area (Å²) in [5.74, 6) is 0. The average molecular weight is 245 g/mol. The molecule has 19 heavy (non-hydrogen) atoms. The fourth-order valence-electron chi connectivity index (χ4n) is 3.22. The van der Waals surface area contributed by atoms with Crippen LogP contribution in [0.15, 0.2) is 48.5 Å². The van der Waals surface area contributed by atoms with Crippen molar-refractivity contribution in [3.8, 4) is 0 Å². The number of H-pyrrole nitrogens is 1. The van der Waals surface area contributed by atoms with E-state index in [4.69, 9.17) is 0 Å². The van der Waals surface area contributed by atoms with Gasteiger partial charge < -0.3 is 4.98 Å². The first kappa shape index (κ1) is 10.6. The van der Waals surface area contributed by atoms with Gasteiger partial charge in [0.25, 0.3) is 0 Å². The molecule has 0 aliphatic rings. The Labute approximate surface area is 111 Å². The van der Waals surface area contributed by atoms with E-state index < -0.39 is 0 Å². The number of nitrogens with one attached hydrogen (secondary N) is 1. The van der Waals surface area contributed by atoms with Crippen LogP contribution in [-0.2, 0) is 0 Å². The predicted octanol–water partition coefficient (Wildman–Crippen LogP) is 5.09. The SMILES string of the molecule is Cc1c2ccccc2c(C)c2c1[nH]c1ccccc12. The van der Waals surface area contributed by atoms with Crippen molar-refractivity contribution in [1.29, 1.82) is 0 Å². The quantitative estimate of drug-likeness (QED) is 0.444. The van der Waals surface area contributed by atoms with E-state index in [2.05, 4.69) is 67.4 Å². The average Bonchev–Trinajstić information content (AvgIpc) is 2.84. The number of rotatable bonds is 0. The van der Waals surface area contributed by atoms with Crippen LogP contribution in [0.5, 0.6) is 0 Å². The second-order valence-electron chi connectivity index (χ2n) is 5.22. The van der Waals surface area contributed by atoms with Gasteiger partial charge in [0, 0.05) is 16.3 Å². The van der Waals surface area contributed by atoms with E-state index in [0.717, 1.165) is 0 Å². The van der Waals surface area contributed by atoms with Crippen molar-refractivity contribution in [3.05, 3.63) is 59.7 Å². The number of para-hydroxylation sites is 1. The van der Waals surface area contributed by atoms with Gasteiger partial charge in [-0.1, -0.05) is 42.5 Å². The van der Waals surface area contributed by atoms with Crippen LogP contribution in [0.25, 0.3) is 32.6 Å². The number of aromatic nitrogens is 1. The highest BCUT2D eigenvalue weighted by atomic mass is 14.7. The van der Waals surface area contributed by atoms with Crippen molar-refractivity contribution in [1.82, 2.24) is 4.98 Å². The van der Waals surface area contributed by atoms with Gasteiger partial charge >= 0.3 is 0 Å². The minimum absolute atomic E-state index is 1.22. The van der Waals surface area contributed by atoms with Crippen molar-refractivity contribution in [2.75, 3.05) is 0 Å². The van der Waals surface area contributed by atoms with E-state index in [1.54, 1.807) is 0 Å². The van der Waals surface area contributed by atoms with E-state index in [1.807, 2.05) is 0 Å². The molecule has 1 aromatic heterocycles. The van der Waals surface area contributed by atoms with Crippen LogP contribution in [0.1, 0.15) is 11.1 Å². The van der Waals surface area contributed by atoms with Gasteiger partial charge in [-0.2, -0.15) is 0 Å². The van der Waals surface area contributed by atoms with Gasteiger partial charge in [-0.15, -0.1) is 0 Å². The molecule has 0 atom stereocenters. The molecule has 0 spiro atoms. The lowest BCUT2D eigenvalue weighted by molar-refractivity contribution is 1.47. The maximum atomic E-state index is 3.58. The zero-order valence-corrected chi connectivity index (χ0v) is 11.1. The molecule has 0 radical (unpaired) electrons. The number of hydrogen-bond acceptors (Lipinski definition) is 0. The molecule has 0 amide bonds. The first-order valence-corrected chi connectivity index (χ1v) is 6.65. The summed E-state index contributed by atoms with van der Waals surface area (Å²) >= 11 is 0. The van der Waals surface area contributed by atoms with E-state index >= 15 is 0 Å². The maximum absolute atomic E-state index is 3.58. The van der Waals surface area contributed by atoms with Gasteiger partial charge in [-0.25, -0.2) is 0 Å². The van der Waals surface area contributed by atoms with Crippen LogP contribution in [-0.4, -0.2) is 4.98 Å². The van der Waals surface area contributed by atoms with Crippen molar-refractivity contribution in [3.63, 3.8) is 0 Å². The summed E-state index contributed by atoms with van der Waals surface area (Å²) < 4.78 is 0. The summed E-state index contributed by atoms with van der Waals surface area (Å²) in [5, 5.41) is 5.40. The molecule has 1 heterocycles. The third-order valence-corrected chi connectivity index (χ3v) is 4.19. The third kappa shape index (κ3) is 1.30. The number of aromatic amines is 1. The Morgan fingerprint density at radius 2 is 1.26 bits per heavy atom. The second kappa shape index (κ2) is 3.61. The minimum Gasteiger partial charge on any atom is -0.354 e. The summed E-state index contributed by atoms with van der Waals surface area (Å²) in [5.41, 5.74) is 5.21. The van der Waals surface area contributed by atoms with Gasteiger partial charge in [0.1, 0.15) is 0 Å². The lowest BCUT2D eigenvalue weighted by Crippen LogP contribution is -1.86. The summed E-state index contributed by atoms with van der Waals surface area (Å²) in [7, 11) is 0. The van der Waals surface area contributed by atoms with Crippen molar-refractivity contribution >= 4 is 32.6 Å². The Kier molecular flexibility index (Phi) is 2.02. The van der Waals surface area contributed by atoms with Crippen LogP contribution < -0.4 is 0 Å². The zero-order valence-electron chi connectivity index (χ0n) is 11.1. The molecule has 1 N–H and O–H groups in total. The van der Waals surface area contributed by atoms with Crippen LogP contribution >= 0.6 is 0 Å². The van der Waals surface area contributed by atoms with Gasteiger partial charge in [-0.05, 0) is 41.8 Å². The van der Waals surface area contributed by atoms with Crippen molar-refractivity contribution in [2.24, 2.45) is 0 Å². The molecule has 0 saturated heterocycles. The van der Waals surface area contributed by atoms with E-state index in [0.29, 0.717) is 0 Å². The first-order chi connectivity index (χ1) is 9.27. The molecule has 0 aliphatic carbocycles. The monoisotopic (exact) mass is 245 g/mol. The van der Waals surface area contributed by atoms with E-state index in [-0.39, 0.29) is 0 Å². The smallest absolute Gasteiger partial charge is 0.0503 e. The number of benzene rings is 3. The lowest BCUT2D eigenvalue weighted by atomic mass is 9.96. The standard InChI is InChI=1S/C18H15N/c1-11-13-7-3-4-8-14(13)12(2)18-17(11)15-9-5-6-10-16(15)19-18/h3-10,19H,1-2H3. The molecule has 92 valence electrons. The molecular weight excluding hydrogens is 230 g/mol. The zero-order chi connectivity index (χ0) is 13.0. The van der Waals surface area contributed by atoms with E-state index in [1.165, 1.54) is 43.7 Å². The second-order valence-corrected chi connectivity index (χ2v) is 5.22. The Balaban J connectivity index is 2.39. The van der Waals surface area contributed by atoms with Gasteiger partial charge in [0.2, 0.25) is 0 Å². The largest absolute Gasteiger partial charge is 0.354 e. The third-order valence-electron chi connectivity index (χ3n) is 4.19. The molecule has 0 aliphatic heterocycles. The molecule has 0 bridgehead atoms. The van der Waals surface area contributed by atoms with Crippen LogP contribution in [0.3, 0.4) is 0 Å². The number of hydrogen-bond donors (Lipinski definition) is 1. The summed E-state index contributed by atoms with van der Waals surface area (Å²) in [6.07, 6.45) is 0. The van der Waals surface area contributed by atoms with Gasteiger partial charge in [0.15, 0.2) is 0 Å². The first-order valence-electron chi connectivity index (χ1n) is 6.65. The molecule has 1 heteroatoms. The summed E-state index contributed by atoms with van der Waals surface area (Å²) in [4.78, 5) is 3.58. The predicted molar refractivity (Wildman–Crippen MR) is 82.8 cm³/mol.